The first-order valence-corrected chi connectivity index (χ1v) is 12.6. The average Bonchev–Trinajstić information content (AvgIpc) is 3.31. The van der Waals surface area contributed by atoms with Crippen molar-refractivity contribution in [3.63, 3.8) is 0 Å². The summed E-state index contributed by atoms with van der Waals surface area (Å²) in [6.45, 7) is 4.80. The topological polar surface area (TPSA) is 54.9 Å². The summed E-state index contributed by atoms with van der Waals surface area (Å²) in [5.74, 6) is 0.431. The van der Waals surface area contributed by atoms with Crippen LogP contribution in [0.3, 0.4) is 0 Å². The van der Waals surface area contributed by atoms with E-state index in [-0.39, 0.29) is 18.3 Å². The van der Waals surface area contributed by atoms with Crippen LogP contribution in [0, 0.1) is 0 Å². The summed E-state index contributed by atoms with van der Waals surface area (Å²) in [5, 5.41) is 3.25. The van der Waals surface area contributed by atoms with E-state index in [4.69, 9.17) is 26.1 Å². The molecule has 1 saturated heterocycles. The second kappa shape index (κ2) is 11.5. The molecule has 0 aliphatic carbocycles. The van der Waals surface area contributed by atoms with Crippen LogP contribution in [0.25, 0.3) is 21.0 Å². The second-order valence-electron chi connectivity index (χ2n) is 8.25. The van der Waals surface area contributed by atoms with E-state index >= 15 is 0 Å². The molecule has 1 fully saturated rings. The van der Waals surface area contributed by atoms with Gasteiger partial charge in [-0.15, -0.1) is 12.4 Å². The maximum Gasteiger partial charge on any atom is 0.263 e. The van der Waals surface area contributed by atoms with Gasteiger partial charge in [0.05, 0.1) is 35.6 Å². The van der Waals surface area contributed by atoms with Crippen LogP contribution in [0.4, 0.5) is 5.13 Å². The number of carbonyl (C=O) groups is 1. The number of carbonyl (C=O) groups excluding carboxylic acids is 1. The Labute approximate surface area is 219 Å². The Morgan fingerprint density at radius 1 is 1.14 bits per heavy atom. The van der Waals surface area contributed by atoms with Gasteiger partial charge in [0, 0.05) is 26.2 Å². The summed E-state index contributed by atoms with van der Waals surface area (Å²) < 4.78 is 12.0. The summed E-state index contributed by atoms with van der Waals surface area (Å²) in [4.78, 5) is 22.9. The number of rotatable bonds is 7. The van der Waals surface area contributed by atoms with Gasteiger partial charge in [-0.1, -0.05) is 53.3 Å². The first-order valence-electron chi connectivity index (χ1n) is 11.4. The molecule has 1 aromatic heterocycles. The summed E-state index contributed by atoms with van der Waals surface area (Å²) >= 11 is 7.87. The van der Waals surface area contributed by atoms with Crippen LogP contribution in [0.15, 0.2) is 54.6 Å². The van der Waals surface area contributed by atoms with Crippen molar-refractivity contribution >= 4 is 67.4 Å². The van der Waals surface area contributed by atoms with Gasteiger partial charge in [-0.2, -0.15) is 0 Å². The molecule has 9 heteroatoms. The molecule has 3 aromatic carbocycles. The molecule has 0 atom stereocenters. The predicted octanol–water partition coefficient (Wildman–Crippen LogP) is 5.90. The number of methoxy groups -OCH3 is 1. The molecule has 2 heterocycles. The Hall–Kier alpha value is -2.42. The molecule has 0 spiro atoms. The number of nitrogens with zero attached hydrogens (tertiary/aromatic N) is 3. The standard InChI is InChI=1S/C26H26ClN3O3S.ClH/c1-32-22-17-19-7-3-2-6-18(19)16-20(22)25(31)30(11-5-10-29-12-14-33-15-13-29)26-28-24-21(27)8-4-9-23(24)34-26;/h2-4,6-9,16-17H,5,10-15H2,1H3;1H. The van der Waals surface area contributed by atoms with Crippen molar-refractivity contribution in [1.29, 1.82) is 0 Å². The molecule has 0 radical (unpaired) electrons. The highest BCUT2D eigenvalue weighted by Gasteiger charge is 2.25. The van der Waals surface area contributed by atoms with Crippen LogP contribution >= 0.6 is 35.3 Å². The highest BCUT2D eigenvalue weighted by atomic mass is 35.5. The number of anilines is 1. The molecular formula is C26H27Cl2N3O3S. The van der Waals surface area contributed by atoms with Crippen LogP contribution < -0.4 is 9.64 Å². The Morgan fingerprint density at radius 2 is 1.89 bits per heavy atom. The van der Waals surface area contributed by atoms with Crippen LogP contribution in [0.1, 0.15) is 16.8 Å². The van der Waals surface area contributed by atoms with Crippen molar-refractivity contribution in [1.82, 2.24) is 9.88 Å². The van der Waals surface area contributed by atoms with E-state index in [1.165, 1.54) is 11.3 Å². The molecule has 4 aromatic rings. The van der Waals surface area contributed by atoms with Crippen LogP contribution in [0.2, 0.25) is 5.02 Å². The lowest BCUT2D eigenvalue weighted by atomic mass is 10.0. The molecule has 0 unspecified atom stereocenters. The lowest BCUT2D eigenvalue weighted by molar-refractivity contribution is 0.0376. The van der Waals surface area contributed by atoms with Crippen molar-refractivity contribution in [2.24, 2.45) is 0 Å². The Bertz CT molecular complexity index is 1320. The molecule has 1 amide bonds. The third-order valence-corrected chi connectivity index (χ3v) is 7.44. The minimum atomic E-state index is -0.125. The number of fused-ring (bicyclic) bond motifs is 2. The van der Waals surface area contributed by atoms with E-state index in [2.05, 4.69) is 4.90 Å². The molecular weight excluding hydrogens is 505 g/mol. The molecule has 35 heavy (non-hydrogen) atoms. The summed E-state index contributed by atoms with van der Waals surface area (Å²) in [6.07, 6.45) is 0.825. The predicted molar refractivity (Wildman–Crippen MR) is 146 cm³/mol. The summed E-state index contributed by atoms with van der Waals surface area (Å²) in [6, 6.07) is 17.5. The van der Waals surface area contributed by atoms with Gasteiger partial charge in [-0.25, -0.2) is 4.98 Å². The largest absolute Gasteiger partial charge is 0.496 e. The van der Waals surface area contributed by atoms with Crippen LogP contribution in [-0.2, 0) is 4.74 Å². The number of para-hydroxylation sites is 1. The fraction of sp³-hybridized carbons (Fsp3) is 0.308. The maximum absolute atomic E-state index is 14.0. The number of hydrogen-bond donors (Lipinski definition) is 0. The number of hydrogen-bond acceptors (Lipinski definition) is 6. The molecule has 184 valence electrons. The van der Waals surface area contributed by atoms with E-state index in [9.17, 15) is 4.79 Å². The second-order valence-corrected chi connectivity index (χ2v) is 9.66. The minimum absolute atomic E-state index is 0. The highest BCUT2D eigenvalue weighted by molar-refractivity contribution is 7.22. The number of morpholine rings is 1. The summed E-state index contributed by atoms with van der Waals surface area (Å²) in [5.41, 5.74) is 1.25. The third kappa shape index (κ3) is 5.55. The lowest BCUT2D eigenvalue weighted by Gasteiger charge is -2.28. The van der Waals surface area contributed by atoms with Crippen molar-refractivity contribution in [3.05, 3.63) is 65.2 Å². The highest BCUT2D eigenvalue weighted by Crippen LogP contribution is 2.35. The molecule has 1 aliphatic heterocycles. The van der Waals surface area contributed by atoms with Gasteiger partial charge in [-0.05, 0) is 41.5 Å². The molecule has 0 N–H and O–H groups in total. The molecule has 0 bridgehead atoms. The number of benzene rings is 3. The fourth-order valence-electron chi connectivity index (χ4n) is 4.28. The van der Waals surface area contributed by atoms with Crippen molar-refractivity contribution in [2.45, 2.75) is 6.42 Å². The number of amides is 1. The van der Waals surface area contributed by atoms with Gasteiger partial charge in [-0.3, -0.25) is 14.6 Å². The quantitative estimate of drug-likeness (QED) is 0.297. The lowest BCUT2D eigenvalue weighted by Crippen LogP contribution is -2.39. The first kappa shape index (κ1) is 25.7. The SMILES string of the molecule is COc1cc2ccccc2cc1C(=O)N(CCCN1CCOCC1)c1nc2c(Cl)cccc2s1.Cl. The molecule has 0 saturated carbocycles. The fourth-order valence-corrected chi connectivity index (χ4v) is 5.57. The number of thiazole rings is 1. The van der Waals surface area contributed by atoms with Gasteiger partial charge >= 0.3 is 0 Å². The summed E-state index contributed by atoms with van der Waals surface area (Å²) in [7, 11) is 1.60. The smallest absolute Gasteiger partial charge is 0.263 e. The Morgan fingerprint density at radius 3 is 2.60 bits per heavy atom. The number of ether oxygens (including phenoxy) is 2. The zero-order valence-corrected chi connectivity index (χ0v) is 21.8. The van der Waals surface area contributed by atoms with Gasteiger partial charge in [0.15, 0.2) is 5.13 Å². The van der Waals surface area contributed by atoms with Gasteiger partial charge in [0.25, 0.3) is 5.91 Å². The van der Waals surface area contributed by atoms with Crippen LogP contribution in [0.5, 0.6) is 5.75 Å². The number of halogens is 2. The third-order valence-electron chi connectivity index (χ3n) is 6.09. The monoisotopic (exact) mass is 531 g/mol. The minimum Gasteiger partial charge on any atom is -0.496 e. The maximum atomic E-state index is 14.0. The van der Waals surface area contributed by atoms with Crippen LogP contribution in [-0.4, -0.2) is 62.3 Å². The zero-order chi connectivity index (χ0) is 23.5. The Balaban J connectivity index is 0.00000289. The normalized spacial score (nSPS) is 14.1. The molecule has 1 aliphatic rings. The average molecular weight is 532 g/mol. The van der Waals surface area contributed by atoms with Crippen molar-refractivity contribution in [2.75, 3.05) is 51.4 Å². The van der Waals surface area contributed by atoms with Crippen molar-refractivity contribution in [3.8, 4) is 5.75 Å². The molecule has 6 nitrogen and oxygen atoms in total. The van der Waals surface area contributed by atoms with E-state index in [1.54, 1.807) is 12.0 Å². The van der Waals surface area contributed by atoms with Gasteiger partial charge in [0.2, 0.25) is 0 Å². The van der Waals surface area contributed by atoms with E-state index in [1.807, 2.05) is 54.6 Å². The zero-order valence-electron chi connectivity index (χ0n) is 19.4. The van der Waals surface area contributed by atoms with Gasteiger partial charge in [0.1, 0.15) is 11.3 Å². The van der Waals surface area contributed by atoms with E-state index < -0.39 is 0 Å². The van der Waals surface area contributed by atoms with Crippen molar-refractivity contribution < 1.29 is 14.3 Å². The molecule has 5 rings (SSSR count). The first-order chi connectivity index (χ1) is 16.6. The van der Waals surface area contributed by atoms with Gasteiger partial charge < -0.3 is 9.47 Å². The van der Waals surface area contributed by atoms with E-state index in [0.717, 1.165) is 60.3 Å². The number of aromatic nitrogens is 1. The van der Waals surface area contributed by atoms with E-state index in [0.29, 0.717) is 28.0 Å². The Kier molecular flexibility index (Phi) is 8.46.